The lowest BCUT2D eigenvalue weighted by Crippen LogP contribution is -2.15. The fourth-order valence-corrected chi connectivity index (χ4v) is 3.13. The van der Waals surface area contributed by atoms with Crippen molar-refractivity contribution in [2.45, 2.75) is 12.1 Å². The van der Waals surface area contributed by atoms with Gasteiger partial charge in [0.15, 0.2) is 10.3 Å². The minimum Gasteiger partial charge on any atom is -0.465 e. The molecule has 122 valence electrons. The number of amides is 1. The second-order valence-electron chi connectivity index (χ2n) is 4.24. The second-order valence-corrected chi connectivity index (χ2v) is 6.20. The van der Waals surface area contributed by atoms with Crippen LogP contribution in [0.2, 0.25) is 0 Å². The Morgan fingerprint density at radius 3 is 2.87 bits per heavy atom. The third kappa shape index (κ3) is 4.53. The highest BCUT2D eigenvalue weighted by molar-refractivity contribution is 7.99. The van der Waals surface area contributed by atoms with Crippen LogP contribution >= 0.6 is 23.1 Å². The van der Waals surface area contributed by atoms with E-state index in [9.17, 15) is 14.4 Å². The number of thioether (sulfide) groups is 1. The zero-order chi connectivity index (χ0) is 17.0. The number of H-pyrrole nitrogens is 1. The van der Waals surface area contributed by atoms with Crippen LogP contribution in [0.1, 0.15) is 15.4 Å². The molecule has 0 atom stereocenters. The maximum absolute atomic E-state index is 11.9. The molecular formula is C12H13N5O4S2. The van der Waals surface area contributed by atoms with Gasteiger partial charge >= 0.3 is 5.97 Å². The van der Waals surface area contributed by atoms with Crippen LogP contribution < -0.4 is 16.6 Å². The molecule has 0 spiro atoms. The van der Waals surface area contributed by atoms with E-state index >= 15 is 0 Å². The van der Waals surface area contributed by atoms with Crippen molar-refractivity contribution < 1.29 is 14.3 Å². The van der Waals surface area contributed by atoms with E-state index in [0.717, 1.165) is 29.2 Å². The maximum Gasteiger partial charge on any atom is 0.350 e. The van der Waals surface area contributed by atoms with Gasteiger partial charge < -0.3 is 20.8 Å². The Morgan fingerprint density at radius 2 is 2.22 bits per heavy atom. The van der Waals surface area contributed by atoms with Crippen molar-refractivity contribution in [3.05, 3.63) is 27.0 Å². The molecule has 0 radical (unpaired) electrons. The van der Waals surface area contributed by atoms with Crippen LogP contribution in [0.15, 0.2) is 16.0 Å². The number of thiazole rings is 1. The van der Waals surface area contributed by atoms with Gasteiger partial charge in [0.2, 0.25) is 5.91 Å². The molecule has 2 aromatic rings. The van der Waals surface area contributed by atoms with E-state index in [1.807, 2.05) is 0 Å². The van der Waals surface area contributed by atoms with Gasteiger partial charge in [-0.1, -0.05) is 23.1 Å². The molecule has 2 heterocycles. The lowest BCUT2D eigenvalue weighted by atomic mass is 10.4. The summed E-state index contributed by atoms with van der Waals surface area (Å²) >= 11 is 2.05. The number of hydrogen-bond acceptors (Lipinski definition) is 9. The number of rotatable bonds is 5. The predicted octanol–water partition coefficient (Wildman–Crippen LogP) is 0.634. The maximum atomic E-state index is 11.9. The first-order chi connectivity index (χ1) is 10.9. The molecule has 4 N–H and O–H groups in total. The highest BCUT2D eigenvalue weighted by atomic mass is 32.2. The van der Waals surface area contributed by atoms with E-state index < -0.39 is 11.5 Å². The highest BCUT2D eigenvalue weighted by Gasteiger charge is 2.17. The van der Waals surface area contributed by atoms with Crippen LogP contribution in [0.3, 0.4) is 0 Å². The van der Waals surface area contributed by atoms with E-state index in [0.29, 0.717) is 15.7 Å². The van der Waals surface area contributed by atoms with Gasteiger partial charge in [-0.05, 0) is 6.92 Å². The summed E-state index contributed by atoms with van der Waals surface area (Å²) in [4.78, 5) is 45.4. The van der Waals surface area contributed by atoms with Gasteiger partial charge in [0.05, 0.1) is 18.6 Å². The van der Waals surface area contributed by atoms with Crippen molar-refractivity contribution in [1.82, 2.24) is 15.0 Å². The third-order valence-corrected chi connectivity index (χ3v) is 4.42. The van der Waals surface area contributed by atoms with Gasteiger partial charge in [0.25, 0.3) is 5.56 Å². The van der Waals surface area contributed by atoms with Crippen molar-refractivity contribution in [2.24, 2.45) is 0 Å². The van der Waals surface area contributed by atoms with Crippen LogP contribution in [0.25, 0.3) is 0 Å². The number of carbonyl (C=O) groups is 2. The Bertz CT molecular complexity index is 801. The lowest BCUT2D eigenvalue weighted by Gasteiger charge is -2.02. The average molecular weight is 355 g/mol. The molecular weight excluding hydrogens is 342 g/mol. The van der Waals surface area contributed by atoms with Crippen molar-refractivity contribution in [3.63, 3.8) is 0 Å². The molecule has 0 aliphatic heterocycles. The van der Waals surface area contributed by atoms with E-state index in [1.54, 1.807) is 6.92 Å². The molecule has 0 saturated carbocycles. The van der Waals surface area contributed by atoms with Crippen molar-refractivity contribution in [3.8, 4) is 0 Å². The first kappa shape index (κ1) is 17.0. The fourth-order valence-electron chi connectivity index (χ4n) is 1.54. The molecule has 23 heavy (non-hydrogen) atoms. The number of hydrogen-bond donors (Lipinski definition) is 3. The SMILES string of the molecule is COC(=O)c1sc(NC(=O)CSc2nc(N)cc(=O)[nH]2)nc1C. The van der Waals surface area contributed by atoms with Gasteiger partial charge in [0, 0.05) is 6.07 Å². The van der Waals surface area contributed by atoms with Crippen molar-refractivity contribution in [1.29, 1.82) is 0 Å². The Hall–Kier alpha value is -2.40. The second kappa shape index (κ2) is 7.24. The molecule has 2 rings (SSSR count). The Labute approximate surface area is 138 Å². The molecule has 0 bridgehead atoms. The summed E-state index contributed by atoms with van der Waals surface area (Å²) in [7, 11) is 1.27. The average Bonchev–Trinajstić information content (AvgIpc) is 2.84. The number of nitrogens with two attached hydrogens (primary N) is 1. The van der Waals surface area contributed by atoms with Gasteiger partial charge in [-0.2, -0.15) is 0 Å². The number of nitrogens with zero attached hydrogens (tertiary/aromatic N) is 2. The van der Waals surface area contributed by atoms with E-state index in [2.05, 4.69) is 25.0 Å². The summed E-state index contributed by atoms with van der Waals surface area (Å²) in [6.45, 7) is 1.65. The summed E-state index contributed by atoms with van der Waals surface area (Å²) in [5, 5.41) is 3.11. The fraction of sp³-hybridized carbons (Fsp3) is 0.250. The van der Waals surface area contributed by atoms with Crippen molar-refractivity contribution in [2.75, 3.05) is 23.9 Å². The Balaban J connectivity index is 1.97. The highest BCUT2D eigenvalue weighted by Crippen LogP contribution is 2.23. The summed E-state index contributed by atoms with van der Waals surface area (Å²) in [6, 6.07) is 1.15. The smallest absolute Gasteiger partial charge is 0.350 e. The summed E-state index contributed by atoms with van der Waals surface area (Å²) < 4.78 is 4.62. The number of aromatic nitrogens is 3. The first-order valence-corrected chi connectivity index (χ1v) is 8.04. The van der Waals surface area contributed by atoms with Crippen LogP contribution in [0.5, 0.6) is 0 Å². The summed E-state index contributed by atoms with van der Waals surface area (Å²) in [5.41, 5.74) is 5.54. The number of anilines is 2. The van der Waals surface area contributed by atoms with E-state index in [1.165, 1.54) is 7.11 Å². The van der Waals surface area contributed by atoms with Crippen LogP contribution in [-0.2, 0) is 9.53 Å². The Kier molecular flexibility index (Phi) is 5.34. The zero-order valence-electron chi connectivity index (χ0n) is 12.2. The van der Waals surface area contributed by atoms with Crippen LogP contribution in [0, 0.1) is 6.92 Å². The lowest BCUT2D eigenvalue weighted by molar-refractivity contribution is -0.113. The molecule has 0 unspecified atom stereocenters. The largest absolute Gasteiger partial charge is 0.465 e. The number of aryl methyl sites for hydroxylation is 1. The number of aromatic amines is 1. The van der Waals surface area contributed by atoms with Gasteiger partial charge in [-0.25, -0.2) is 14.8 Å². The minimum absolute atomic E-state index is 0.00141. The summed E-state index contributed by atoms with van der Waals surface area (Å²) in [5.74, 6) is -0.782. The van der Waals surface area contributed by atoms with Crippen LogP contribution in [0.4, 0.5) is 10.9 Å². The Morgan fingerprint density at radius 1 is 1.48 bits per heavy atom. The van der Waals surface area contributed by atoms with Gasteiger partial charge in [0.1, 0.15) is 10.7 Å². The molecule has 9 nitrogen and oxygen atoms in total. The quantitative estimate of drug-likeness (QED) is 0.403. The standard InChI is InChI=1S/C12H13N5O4S2/c1-5-9(10(20)21-2)23-12(14-5)17-8(19)4-22-11-15-6(13)3-7(18)16-11/h3H,4H2,1-2H3,(H,14,17,19)(H3,13,15,16,18). The first-order valence-electron chi connectivity index (χ1n) is 6.24. The molecule has 0 aliphatic rings. The molecule has 0 fully saturated rings. The minimum atomic E-state index is -0.503. The molecule has 2 aromatic heterocycles. The molecule has 11 heteroatoms. The normalized spacial score (nSPS) is 10.3. The number of nitrogens with one attached hydrogen (secondary N) is 2. The van der Waals surface area contributed by atoms with Gasteiger partial charge in [-0.3, -0.25) is 9.59 Å². The molecule has 1 amide bonds. The van der Waals surface area contributed by atoms with Crippen molar-refractivity contribution >= 4 is 45.9 Å². The van der Waals surface area contributed by atoms with E-state index in [-0.39, 0.29) is 22.6 Å². The number of nitrogen functional groups attached to an aromatic ring is 1. The monoisotopic (exact) mass is 355 g/mol. The number of carbonyl (C=O) groups excluding carboxylic acids is 2. The predicted molar refractivity (Wildman–Crippen MR) is 86.8 cm³/mol. The number of methoxy groups -OCH3 is 1. The number of esters is 1. The van der Waals surface area contributed by atoms with E-state index in [4.69, 9.17) is 5.73 Å². The van der Waals surface area contributed by atoms with Crippen LogP contribution in [-0.4, -0.2) is 39.7 Å². The summed E-state index contributed by atoms with van der Waals surface area (Å²) in [6.07, 6.45) is 0. The molecule has 0 saturated heterocycles. The third-order valence-electron chi connectivity index (χ3n) is 2.49. The number of ether oxygens (including phenoxy) is 1. The zero-order valence-corrected chi connectivity index (χ0v) is 13.8. The van der Waals surface area contributed by atoms with Gasteiger partial charge in [-0.15, -0.1) is 0 Å². The molecule has 0 aromatic carbocycles. The molecule has 0 aliphatic carbocycles. The topological polar surface area (TPSA) is 140 Å².